The number of ether oxygens (including phenoxy) is 1. The van der Waals surface area contributed by atoms with Crippen molar-refractivity contribution in [2.45, 2.75) is 26.4 Å². The van der Waals surface area contributed by atoms with Gasteiger partial charge in [0.05, 0.1) is 43.8 Å². The highest BCUT2D eigenvalue weighted by Gasteiger charge is 2.13. The van der Waals surface area contributed by atoms with Crippen molar-refractivity contribution in [3.8, 4) is 0 Å². The van der Waals surface area contributed by atoms with Crippen LogP contribution in [0.1, 0.15) is 34.5 Å². The molecule has 5 rings (SSSR count). The van der Waals surface area contributed by atoms with E-state index in [1.54, 1.807) is 18.6 Å². The van der Waals surface area contributed by atoms with Gasteiger partial charge in [-0.2, -0.15) is 5.10 Å². The summed E-state index contributed by atoms with van der Waals surface area (Å²) in [6, 6.07) is 9.50. The lowest BCUT2D eigenvalue weighted by Gasteiger charge is -2.26. The molecule has 1 aliphatic rings. The van der Waals surface area contributed by atoms with Crippen LogP contribution >= 0.6 is 0 Å². The molecular weight excluding hydrogens is 456 g/mol. The maximum absolute atomic E-state index is 12.6. The highest BCUT2D eigenvalue weighted by atomic mass is 16.5. The minimum absolute atomic E-state index is 0.0577. The van der Waals surface area contributed by atoms with Crippen molar-refractivity contribution in [2.75, 3.05) is 43.5 Å². The Morgan fingerprint density at radius 3 is 2.83 bits per heavy atom. The Bertz CT molecular complexity index is 1350. The van der Waals surface area contributed by atoms with Gasteiger partial charge in [0.25, 0.3) is 5.91 Å². The fourth-order valence-electron chi connectivity index (χ4n) is 4.17. The number of carbonyl (C=O) groups excluding carboxylic acids is 1. The van der Waals surface area contributed by atoms with Crippen molar-refractivity contribution in [3.63, 3.8) is 0 Å². The summed E-state index contributed by atoms with van der Waals surface area (Å²) >= 11 is 0. The topological polar surface area (TPSA) is 110 Å². The Balaban J connectivity index is 1.22. The van der Waals surface area contributed by atoms with Gasteiger partial charge in [-0.3, -0.25) is 19.4 Å². The summed E-state index contributed by atoms with van der Waals surface area (Å²) in [4.78, 5) is 28.3. The van der Waals surface area contributed by atoms with Crippen molar-refractivity contribution in [2.24, 2.45) is 0 Å². The van der Waals surface area contributed by atoms with Crippen LogP contribution < -0.4 is 10.6 Å². The van der Waals surface area contributed by atoms with Crippen LogP contribution in [-0.2, 0) is 11.3 Å². The SMILES string of the molecule is Cc1cncc(C(=O)Nc2cccc([C@H](C)Nc3cnc4cn(CCN5CCOCC5)nc4n3)c2)c1. The van der Waals surface area contributed by atoms with Crippen molar-refractivity contribution < 1.29 is 9.53 Å². The monoisotopic (exact) mass is 486 g/mol. The fourth-order valence-corrected chi connectivity index (χ4v) is 4.17. The number of nitrogens with zero attached hydrogens (tertiary/aromatic N) is 6. The number of rotatable bonds is 8. The molecule has 0 bridgehead atoms. The Labute approximate surface area is 209 Å². The van der Waals surface area contributed by atoms with E-state index in [4.69, 9.17) is 4.74 Å². The Morgan fingerprint density at radius 1 is 1.14 bits per heavy atom. The molecule has 2 N–H and O–H groups in total. The second-order valence-corrected chi connectivity index (χ2v) is 9.01. The molecule has 1 amide bonds. The largest absolute Gasteiger partial charge is 0.379 e. The van der Waals surface area contributed by atoms with Gasteiger partial charge in [0, 0.05) is 37.7 Å². The molecule has 1 atom stereocenters. The zero-order valence-corrected chi connectivity index (χ0v) is 20.5. The summed E-state index contributed by atoms with van der Waals surface area (Å²) in [6.45, 7) is 9.15. The second-order valence-electron chi connectivity index (χ2n) is 9.01. The van der Waals surface area contributed by atoms with Gasteiger partial charge in [-0.05, 0) is 43.2 Å². The summed E-state index contributed by atoms with van der Waals surface area (Å²) in [5, 5.41) is 11.0. The second kappa shape index (κ2) is 10.8. The average molecular weight is 487 g/mol. The van der Waals surface area contributed by atoms with E-state index in [0.29, 0.717) is 22.7 Å². The minimum atomic E-state index is -0.190. The van der Waals surface area contributed by atoms with Crippen LogP contribution in [0, 0.1) is 6.92 Å². The van der Waals surface area contributed by atoms with E-state index in [1.165, 1.54) is 0 Å². The van der Waals surface area contributed by atoms with Gasteiger partial charge < -0.3 is 15.4 Å². The molecule has 10 nitrogen and oxygen atoms in total. The number of pyridine rings is 1. The minimum Gasteiger partial charge on any atom is -0.379 e. The van der Waals surface area contributed by atoms with Crippen LogP contribution in [0.15, 0.2) is 55.1 Å². The molecule has 1 aliphatic heterocycles. The molecule has 4 heterocycles. The van der Waals surface area contributed by atoms with Crippen molar-refractivity contribution in [1.29, 1.82) is 0 Å². The summed E-state index contributed by atoms with van der Waals surface area (Å²) in [5.41, 5.74) is 4.57. The number of anilines is 2. The molecular formula is C26H30N8O2. The molecule has 0 saturated carbocycles. The van der Waals surface area contributed by atoms with Gasteiger partial charge in [0.15, 0.2) is 0 Å². The molecule has 1 fully saturated rings. The summed E-state index contributed by atoms with van der Waals surface area (Å²) in [7, 11) is 0. The van der Waals surface area contributed by atoms with E-state index in [9.17, 15) is 4.79 Å². The third kappa shape index (κ3) is 5.84. The summed E-state index contributed by atoms with van der Waals surface area (Å²) < 4.78 is 7.32. The van der Waals surface area contributed by atoms with Crippen LogP contribution in [0.4, 0.5) is 11.5 Å². The maximum atomic E-state index is 12.6. The van der Waals surface area contributed by atoms with Crippen LogP contribution in [-0.4, -0.2) is 68.4 Å². The van der Waals surface area contributed by atoms with E-state index in [2.05, 4.69) is 35.6 Å². The lowest BCUT2D eigenvalue weighted by atomic mass is 10.1. The number of hydrogen-bond donors (Lipinski definition) is 2. The first-order valence-corrected chi connectivity index (χ1v) is 12.1. The average Bonchev–Trinajstić information content (AvgIpc) is 3.30. The zero-order chi connectivity index (χ0) is 24.9. The molecule has 10 heteroatoms. The number of aryl methyl sites for hydroxylation is 1. The molecule has 3 aromatic heterocycles. The standard InChI is InChI=1S/C26H30N8O2/c1-18-12-21(15-27-14-18)26(35)30-22-5-3-4-20(13-22)19(2)29-24-16-28-23-17-34(32-25(23)31-24)7-6-33-8-10-36-11-9-33/h3-5,12-17,19H,6-11H2,1-2H3,(H,30,35)(H,29,31,32)/t19-/m0/s1. The van der Waals surface area contributed by atoms with Crippen LogP contribution in [0.3, 0.4) is 0 Å². The van der Waals surface area contributed by atoms with Crippen LogP contribution in [0.2, 0.25) is 0 Å². The van der Waals surface area contributed by atoms with E-state index in [-0.39, 0.29) is 11.9 Å². The lowest BCUT2D eigenvalue weighted by molar-refractivity contribution is 0.0360. The fraction of sp³-hybridized carbons (Fsp3) is 0.346. The van der Waals surface area contributed by atoms with E-state index >= 15 is 0 Å². The van der Waals surface area contributed by atoms with E-state index in [0.717, 1.165) is 56.0 Å². The van der Waals surface area contributed by atoms with Gasteiger partial charge in [0.1, 0.15) is 11.3 Å². The van der Waals surface area contributed by atoms with Gasteiger partial charge in [-0.1, -0.05) is 12.1 Å². The number of aromatic nitrogens is 5. The van der Waals surface area contributed by atoms with E-state index < -0.39 is 0 Å². The van der Waals surface area contributed by atoms with Gasteiger partial charge >= 0.3 is 0 Å². The number of benzene rings is 1. The smallest absolute Gasteiger partial charge is 0.257 e. The van der Waals surface area contributed by atoms with Gasteiger partial charge in [0.2, 0.25) is 5.65 Å². The summed E-state index contributed by atoms with van der Waals surface area (Å²) in [5.74, 6) is 0.457. The molecule has 186 valence electrons. The predicted octanol–water partition coefficient (Wildman–Crippen LogP) is 3.29. The van der Waals surface area contributed by atoms with Crippen molar-refractivity contribution in [1.82, 2.24) is 29.6 Å². The molecule has 36 heavy (non-hydrogen) atoms. The number of nitrogens with one attached hydrogen (secondary N) is 2. The molecule has 0 aliphatic carbocycles. The highest BCUT2D eigenvalue weighted by Crippen LogP contribution is 2.22. The number of amides is 1. The number of carbonyl (C=O) groups is 1. The predicted molar refractivity (Wildman–Crippen MR) is 138 cm³/mol. The highest BCUT2D eigenvalue weighted by molar-refractivity contribution is 6.04. The molecule has 4 aromatic rings. The first-order valence-electron chi connectivity index (χ1n) is 12.1. The lowest BCUT2D eigenvalue weighted by Crippen LogP contribution is -2.38. The quantitative estimate of drug-likeness (QED) is 0.390. The molecule has 1 saturated heterocycles. The van der Waals surface area contributed by atoms with Gasteiger partial charge in [-0.15, -0.1) is 0 Å². The normalized spacial score (nSPS) is 15.1. The van der Waals surface area contributed by atoms with Crippen LogP contribution in [0.25, 0.3) is 11.2 Å². The molecule has 0 spiro atoms. The van der Waals surface area contributed by atoms with Crippen LogP contribution in [0.5, 0.6) is 0 Å². The first kappa shape index (κ1) is 23.8. The summed E-state index contributed by atoms with van der Waals surface area (Å²) in [6.07, 6.45) is 6.95. The maximum Gasteiger partial charge on any atom is 0.257 e. The number of fused-ring (bicyclic) bond motifs is 1. The third-order valence-electron chi connectivity index (χ3n) is 6.17. The first-order chi connectivity index (χ1) is 17.5. The Hall–Kier alpha value is -3.89. The molecule has 0 unspecified atom stereocenters. The van der Waals surface area contributed by atoms with Crippen molar-refractivity contribution in [3.05, 3.63) is 71.8 Å². The third-order valence-corrected chi connectivity index (χ3v) is 6.17. The number of morpholine rings is 1. The number of hydrogen-bond acceptors (Lipinski definition) is 8. The van der Waals surface area contributed by atoms with Crippen molar-refractivity contribution >= 4 is 28.6 Å². The van der Waals surface area contributed by atoms with Gasteiger partial charge in [-0.25, -0.2) is 9.97 Å². The van der Waals surface area contributed by atoms with E-state index in [1.807, 2.05) is 55.1 Å². The Kier molecular flexibility index (Phi) is 7.15. The zero-order valence-electron chi connectivity index (χ0n) is 20.5. The molecule has 0 radical (unpaired) electrons. The molecule has 1 aromatic carbocycles. The Morgan fingerprint density at radius 2 is 2.00 bits per heavy atom.